The summed E-state index contributed by atoms with van der Waals surface area (Å²) in [6, 6.07) is 4.55. The predicted molar refractivity (Wildman–Crippen MR) is 70.6 cm³/mol. The number of methoxy groups -OCH3 is 1. The van der Waals surface area contributed by atoms with Crippen LogP contribution in [0.1, 0.15) is 42.4 Å². The van der Waals surface area contributed by atoms with Crippen molar-refractivity contribution in [1.29, 1.82) is 0 Å². The van der Waals surface area contributed by atoms with Crippen molar-refractivity contribution in [3.05, 3.63) is 28.8 Å². The van der Waals surface area contributed by atoms with Gasteiger partial charge < -0.3 is 4.74 Å². The first kappa shape index (κ1) is 11.1. The van der Waals surface area contributed by atoms with E-state index in [1.54, 1.807) is 5.56 Å². The van der Waals surface area contributed by atoms with Crippen LogP contribution in [0.3, 0.4) is 0 Å². The lowest BCUT2D eigenvalue weighted by Gasteiger charge is -2.37. The zero-order chi connectivity index (χ0) is 11.8. The molecular formula is C16H22O. The van der Waals surface area contributed by atoms with Crippen LogP contribution in [0.15, 0.2) is 12.1 Å². The van der Waals surface area contributed by atoms with Crippen LogP contribution in [0.2, 0.25) is 0 Å². The largest absolute Gasteiger partial charge is 0.496 e. The van der Waals surface area contributed by atoms with Gasteiger partial charge in [-0.05, 0) is 61.1 Å². The van der Waals surface area contributed by atoms with E-state index in [9.17, 15) is 0 Å². The molecule has 1 aromatic carbocycles. The van der Waals surface area contributed by atoms with Gasteiger partial charge >= 0.3 is 0 Å². The van der Waals surface area contributed by atoms with Crippen molar-refractivity contribution in [3.8, 4) is 5.75 Å². The minimum Gasteiger partial charge on any atom is -0.496 e. The first-order chi connectivity index (χ1) is 8.29. The topological polar surface area (TPSA) is 9.23 Å². The molecule has 1 heteroatoms. The van der Waals surface area contributed by atoms with Gasteiger partial charge in [0.1, 0.15) is 5.75 Å². The number of ether oxygens (including phenoxy) is 1. The summed E-state index contributed by atoms with van der Waals surface area (Å²) in [7, 11) is 1.82. The molecule has 0 amide bonds. The van der Waals surface area contributed by atoms with Crippen LogP contribution in [0.4, 0.5) is 0 Å². The highest BCUT2D eigenvalue weighted by molar-refractivity contribution is 5.47. The highest BCUT2D eigenvalue weighted by Crippen LogP contribution is 2.43. The molecule has 92 valence electrons. The molecule has 1 fully saturated rings. The van der Waals surface area contributed by atoms with Gasteiger partial charge in [-0.25, -0.2) is 0 Å². The number of hydrogen-bond acceptors (Lipinski definition) is 1. The number of fused-ring (bicyclic) bond motifs is 2. The van der Waals surface area contributed by atoms with E-state index in [1.807, 2.05) is 7.11 Å². The summed E-state index contributed by atoms with van der Waals surface area (Å²) >= 11 is 0. The second-order valence-corrected chi connectivity index (χ2v) is 5.77. The Balaban J connectivity index is 1.99. The van der Waals surface area contributed by atoms with Gasteiger partial charge in [-0.2, -0.15) is 0 Å². The van der Waals surface area contributed by atoms with Gasteiger partial charge in [-0.1, -0.05) is 25.0 Å². The average molecular weight is 230 g/mol. The highest BCUT2D eigenvalue weighted by atomic mass is 16.5. The lowest BCUT2D eigenvalue weighted by molar-refractivity contribution is 0.218. The Labute approximate surface area is 104 Å². The minimum atomic E-state index is 0.923. The summed E-state index contributed by atoms with van der Waals surface area (Å²) in [6.07, 6.45) is 8.30. The van der Waals surface area contributed by atoms with Gasteiger partial charge in [0.2, 0.25) is 0 Å². The summed E-state index contributed by atoms with van der Waals surface area (Å²) in [4.78, 5) is 0. The third kappa shape index (κ3) is 1.86. The molecule has 0 aromatic heterocycles. The smallest absolute Gasteiger partial charge is 0.125 e. The van der Waals surface area contributed by atoms with Crippen molar-refractivity contribution < 1.29 is 4.74 Å². The second kappa shape index (κ2) is 4.36. The molecule has 0 bridgehead atoms. The molecule has 0 heterocycles. The maximum Gasteiger partial charge on any atom is 0.125 e. The van der Waals surface area contributed by atoms with Crippen molar-refractivity contribution >= 4 is 0 Å². The number of aryl methyl sites for hydroxylation is 1. The Morgan fingerprint density at radius 3 is 2.47 bits per heavy atom. The molecule has 1 unspecified atom stereocenters. The second-order valence-electron chi connectivity index (χ2n) is 5.77. The van der Waals surface area contributed by atoms with E-state index in [4.69, 9.17) is 4.74 Å². The minimum absolute atomic E-state index is 0.923. The molecular weight excluding hydrogens is 208 g/mol. The Kier molecular flexibility index (Phi) is 2.85. The Hall–Kier alpha value is -0.980. The fraction of sp³-hybridized carbons (Fsp3) is 0.625. The van der Waals surface area contributed by atoms with Crippen LogP contribution in [-0.2, 0) is 12.8 Å². The lowest BCUT2D eigenvalue weighted by atomic mass is 9.68. The Bertz CT molecular complexity index is 422. The number of rotatable bonds is 1. The van der Waals surface area contributed by atoms with Crippen LogP contribution >= 0.6 is 0 Å². The van der Waals surface area contributed by atoms with Crippen molar-refractivity contribution in [3.63, 3.8) is 0 Å². The Morgan fingerprint density at radius 1 is 1.06 bits per heavy atom. The zero-order valence-corrected chi connectivity index (χ0v) is 11.0. The van der Waals surface area contributed by atoms with Crippen molar-refractivity contribution in [2.75, 3.05) is 7.11 Å². The van der Waals surface area contributed by atoms with Crippen LogP contribution in [0.25, 0.3) is 0 Å². The summed E-state index contributed by atoms with van der Waals surface area (Å²) in [5, 5.41) is 0. The van der Waals surface area contributed by atoms with E-state index < -0.39 is 0 Å². The molecule has 2 atom stereocenters. The molecule has 17 heavy (non-hydrogen) atoms. The van der Waals surface area contributed by atoms with Gasteiger partial charge in [0.05, 0.1) is 7.11 Å². The maximum atomic E-state index is 5.62. The van der Waals surface area contributed by atoms with Gasteiger partial charge in [-0.3, -0.25) is 0 Å². The molecule has 1 aromatic rings. The molecule has 1 nitrogen and oxygen atoms in total. The van der Waals surface area contributed by atoms with Crippen molar-refractivity contribution in [2.45, 2.75) is 45.4 Å². The van der Waals surface area contributed by atoms with E-state index in [1.165, 1.54) is 49.7 Å². The molecule has 1 saturated carbocycles. The van der Waals surface area contributed by atoms with E-state index >= 15 is 0 Å². The van der Waals surface area contributed by atoms with Crippen molar-refractivity contribution in [1.82, 2.24) is 0 Å². The van der Waals surface area contributed by atoms with Gasteiger partial charge in [0.25, 0.3) is 0 Å². The molecule has 0 saturated heterocycles. The highest BCUT2D eigenvalue weighted by Gasteiger charge is 2.32. The maximum absolute atomic E-state index is 5.62. The van der Waals surface area contributed by atoms with Gasteiger partial charge in [0.15, 0.2) is 0 Å². The fourth-order valence-corrected chi connectivity index (χ4v) is 3.85. The lowest BCUT2D eigenvalue weighted by Crippen LogP contribution is -2.28. The van der Waals surface area contributed by atoms with Crippen LogP contribution in [-0.4, -0.2) is 7.11 Å². The van der Waals surface area contributed by atoms with E-state index in [2.05, 4.69) is 19.1 Å². The molecule has 2 aliphatic rings. The predicted octanol–water partition coefficient (Wildman–Crippen LogP) is 3.91. The Morgan fingerprint density at radius 2 is 1.76 bits per heavy atom. The molecule has 0 spiro atoms. The monoisotopic (exact) mass is 230 g/mol. The van der Waals surface area contributed by atoms with Crippen LogP contribution < -0.4 is 4.74 Å². The van der Waals surface area contributed by atoms with Crippen molar-refractivity contribution in [2.24, 2.45) is 11.8 Å². The summed E-state index contributed by atoms with van der Waals surface area (Å²) in [6.45, 7) is 2.16. The molecule has 0 radical (unpaired) electrons. The first-order valence-electron chi connectivity index (χ1n) is 6.95. The van der Waals surface area contributed by atoms with E-state index in [0.717, 1.165) is 17.6 Å². The SMILES string of the molecule is COc1c(C)ccc2c1C[C@H]1CCCCC1C2. The molecule has 3 rings (SSSR count). The first-order valence-corrected chi connectivity index (χ1v) is 6.95. The molecule has 2 aliphatic carbocycles. The fourth-order valence-electron chi connectivity index (χ4n) is 3.85. The standard InChI is InChI=1S/C16H22O/c1-11-7-8-14-9-12-5-3-4-6-13(12)10-15(14)16(11)17-2/h7-8,12-13H,3-6,9-10H2,1-2H3/t12?,13-/m1/s1. The third-order valence-electron chi connectivity index (χ3n) is 4.77. The van der Waals surface area contributed by atoms with E-state index in [-0.39, 0.29) is 0 Å². The van der Waals surface area contributed by atoms with E-state index in [0.29, 0.717) is 0 Å². The number of benzene rings is 1. The average Bonchev–Trinajstić information content (AvgIpc) is 2.36. The molecule has 0 N–H and O–H groups in total. The number of hydrogen-bond donors (Lipinski definition) is 0. The third-order valence-corrected chi connectivity index (χ3v) is 4.77. The zero-order valence-electron chi connectivity index (χ0n) is 11.0. The summed E-state index contributed by atoms with van der Waals surface area (Å²) < 4.78 is 5.62. The quantitative estimate of drug-likeness (QED) is 0.710. The summed E-state index contributed by atoms with van der Waals surface area (Å²) in [5.41, 5.74) is 4.35. The normalized spacial score (nSPS) is 27.2. The summed E-state index contributed by atoms with van der Waals surface area (Å²) in [5.74, 6) is 3.03. The molecule has 0 aliphatic heterocycles. The van der Waals surface area contributed by atoms with Gasteiger partial charge in [-0.15, -0.1) is 0 Å². The van der Waals surface area contributed by atoms with Crippen LogP contribution in [0, 0.1) is 18.8 Å². The van der Waals surface area contributed by atoms with Crippen LogP contribution in [0.5, 0.6) is 5.75 Å². The van der Waals surface area contributed by atoms with Gasteiger partial charge in [0, 0.05) is 0 Å².